The summed E-state index contributed by atoms with van der Waals surface area (Å²) in [5.41, 5.74) is 0.977. The highest BCUT2D eigenvalue weighted by atomic mass is 32.1. The van der Waals surface area contributed by atoms with Crippen molar-refractivity contribution in [1.82, 2.24) is 9.97 Å². The van der Waals surface area contributed by atoms with E-state index in [1.165, 1.54) is 42.6 Å². The molecule has 0 saturated carbocycles. The summed E-state index contributed by atoms with van der Waals surface area (Å²) < 4.78 is 16.7. The maximum absolute atomic E-state index is 13.5. The Kier molecular flexibility index (Phi) is 9.18. The van der Waals surface area contributed by atoms with Gasteiger partial charge >= 0.3 is 11.9 Å². The lowest BCUT2D eigenvalue weighted by Crippen LogP contribution is -2.29. The topological polar surface area (TPSA) is 128 Å². The number of esters is 1. The summed E-state index contributed by atoms with van der Waals surface area (Å²) in [6.45, 7) is 9.84. The van der Waals surface area contributed by atoms with Gasteiger partial charge in [0.05, 0.1) is 31.0 Å². The fraction of sp³-hybridized carbons (Fsp3) is 0.300. The first kappa shape index (κ1) is 29.5. The third-order valence-corrected chi connectivity index (χ3v) is 7.50. The number of aromatic nitrogens is 2. The fourth-order valence-corrected chi connectivity index (χ4v) is 5.25. The summed E-state index contributed by atoms with van der Waals surface area (Å²) in [7, 11) is 1.49. The van der Waals surface area contributed by atoms with Gasteiger partial charge in [-0.2, -0.15) is 0 Å². The molecular weight excluding hydrogens is 546 g/mol. The molecule has 1 aromatic carbocycles. The molecule has 1 unspecified atom stereocenters. The van der Waals surface area contributed by atoms with Crippen LogP contribution in [0.3, 0.4) is 0 Å². The van der Waals surface area contributed by atoms with Crippen molar-refractivity contribution in [3.63, 3.8) is 0 Å². The molecule has 41 heavy (non-hydrogen) atoms. The molecule has 0 aliphatic carbocycles. The number of methoxy groups -OCH3 is 1. The van der Waals surface area contributed by atoms with E-state index in [-0.39, 0.29) is 27.9 Å². The molecule has 1 aliphatic rings. The van der Waals surface area contributed by atoms with Crippen molar-refractivity contribution in [2.24, 2.45) is 5.92 Å². The number of carbonyl (C=O) groups is 3. The van der Waals surface area contributed by atoms with Gasteiger partial charge in [-0.25, -0.2) is 9.78 Å². The van der Waals surface area contributed by atoms with E-state index in [1.54, 1.807) is 25.1 Å². The van der Waals surface area contributed by atoms with Gasteiger partial charge in [0.1, 0.15) is 17.2 Å². The monoisotopic (exact) mass is 577 g/mol. The lowest BCUT2D eigenvalue weighted by molar-refractivity contribution is -0.132. The summed E-state index contributed by atoms with van der Waals surface area (Å²) in [5.74, 6) is -1.45. The molecule has 4 rings (SSSR count). The quantitative estimate of drug-likeness (QED) is 0.107. The van der Waals surface area contributed by atoms with Crippen LogP contribution in [0.4, 0.5) is 5.13 Å². The van der Waals surface area contributed by atoms with Gasteiger partial charge < -0.3 is 19.3 Å². The van der Waals surface area contributed by atoms with Crippen LogP contribution in [0.1, 0.15) is 52.8 Å². The molecule has 1 atom stereocenters. The maximum atomic E-state index is 13.5. The predicted octanol–water partition coefficient (Wildman–Crippen LogP) is 5.25. The van der Waals surface area contributed by atoms with Gasteiger partial charge in [0.15, 0.2) is 16.6 Å². The van der Waals surface area contributed by atoms with Crippen LogP contribution in [-0.4, -0.2) is 53.1 Å². The minimum atomic E-state index is -1.08. The largest absolute Gasteiger partial charge is 0.507 e. The van der Waals surface area contributed by atoms with E-state index in [0.29, 0.717) is 40.8 Å². The summed E-state index contributed by atoms with van der Waals surface area (Å²) in [5, 5.41) is 11.4. The Bertz CT molecular complexity index is 1500. The number of aryl methyl sites for hydroxylation is 1. The van der Waals surface area contributed by atoms with Gasteiger partial charge in [0.25, 0.3) is 5.78 Å². The predicted molar refractivity (Wildman–Crippen MR) is 154 cm³/mol. The van der Waals surface area contributed by atoms with Crippen LogP contribution in [0.2, 0.25) is 0 Å². The van der Waals surface area contributed by atoms with E-state index in [9.17, 15) is 19.5 Å². The molecule has 0 bridgehead atoms. The first-order chi connectivity index (χ1) is 19.7. The summed E-state index contributed by atoms with van der Waals surface area (Å²) in [6, 6.07) is 7.06. The van der Waals surface area contributed by atoms with Gasteiger partial charge in [-0.1, -0.05) is 43.9 Å². The number of ether oxygens (including phenoxy) is 3. The van der Waals surface area contributed by atoms with E-state index < -0.39 is 23.7 Å². The molecule has 11 heteroatoms. The Morgan fingerprint density at radius 2 is 1.93 bits per heavy atom. The van der Waals surface area contributed by atoms with Crippen LogP contribution in [0.15, 0.2) is 61.0 Å². The average Bonchev–Trinajstić information content (AvgIpc) is 3.48. The van der Waals surface area contributed by atoms with Gasteiger partial charge in [0, 0.05) is 18.0 Å². The number of nitrogens with zero attached hydrogens (tertiary/aromatic N) is 3. The minimum Gasteiger partial charge on any atom is -0.507 e. The third-order valence-electron chi connectivity index (χ3n) is 6.36. The van der Waals surface area contributed by atoms with Crippen molar-refractivity contribution in [1.29, 1.82) is 0 Å². The Morgan fingerprint density at radius 3 is 2.59 bits per heavy atom. The minimum absolute atomic E-state index is 0.00728. The number of hydrogen-bond donors (Lipinski definition) is 1. The van der Waals surface area contributed by atoms with E-state index in [2.05, 4.69) is 30.4 Å². The third kappa shape index (κ3) is 6.14. The molecule has 1 amide bonds. The van der Waals surface area contributed by atoms with Crippen LogP contribution in [0.5, 0.6) is 11.5 Å². The Morgan fingerprint density at radius 1 is 1.20 bits per heavy atom. The van der Waals surface area contributed by atoms with Crippen molar-refractivity contribution in [2.45, 2.75) is 33.2 Å². The molecule has 10 nitrogen and oxygen atoms in total. The zero-order valence-corrected chi connectivity index (χ0v) is 24.1. The molecule has 0 radical (unpaired) electrons. The standard InChI is InChI=1S/C30H31N3O7S/c1-6-14-40-29(37)27-18(4)32-30(41-27)33-24(20-7-8-21(22(16-20)38-5)39-15-11-17(2)3)23(26(35)28(33)36)25(34)19-9-12-31-13-10-19/h6-10,12-13,16-17,24,34H,1,11,14-15H2,2-5H3. The molecule has 1 N–H and O–H groups in total. The smallest absolute Gasteiger partial charge is 0.350 e. The van der Waals surface area contributed by atoms with Crippen molar-refractivity contribution in [3.8, 4) is 11.5 Å². The zero-order chi connectivity index (χ0) is 29.7. The summed E-state index contributed by atoms with van der Waals surface area (Å²) >= 11 is 0.919. The van der Waals surface area contributed by atoms with Crippen molar-refractivity contribution >= 4 is 39.9 Å². The molecule has 214 valence electrons. The number of aliphatic hydroxyl groups excluding tert-OH is 1. The highest BCUT2D eigenvalue weighted by Crippen LogP contribution is 2.45. The fourth-order valence-electron chi connectivity index (χ4n) is 4.26. The zero-order valence-electron chi connectivity index (χ0n) is 23.2. The normalized spacial score (nSPS) is 16.2. The second kappa shape index (κ2) is 12.8. The second-order valence-electron chi connectivity index (χ2n) is 9.64. The lowest BCUT2D eigenvalue weighted by atomic mass is 9.95. The van der Waals surface area contributed by atoms with Crippen LogP contribution in [-0.2, 0) is 14.3 Å². The highest BCUT2D eigenvalue weighted by molar-refractivity contribution is 7.17. The SMILES string of the molecule is C=CCOC(=O)c1sc(N2C(=O)C(=O)C(=C(O)c3ccncc3)C2c2ccc(OCCC(C)C)c(OC)c2)nc1C. The number of aliphatic hydroxyl groups is 1. The number of pyridine rings is 1. The first-order valence-electron chi connectivity index (χ1n) is 13.0. The number of ketones is 1. The average molecular weight is 578 g/mol. The number of benzene rings is 1. The van der Waals surface area contributed by atoms with E-state index in [1.807, 2.05) is 0 Å². The highest BCUT2D eigenvalue weighted by Gasteiger charge is 2.48. The molecule has 1 saturated heterocycles. The van der Waals surface area contributed by atoms with Gasteiger partial charge in [-0.3, -0.25) is 19.5 Å². The van der Waals surface area contributed by atoms with Gasteiger partial charge in [-0.15, -0.1) is 0 Å². The van der Waals surface area contributed by atoms with Crippen LogP contribution in [0.25, 0.3) is 5.76 Å². The van der Waals surface area contributed by atoms with Crippen LogP contribution >= 0.6 is 11.3 Å². The van der Waals surface area contributed by atoms with Crippen molar-refractivity contribution in [3.05, 3.63) is 82.7 Å². The number of carbonyl (C=O) groups excluding carboxylic acids is 3. The molecule has 0 spiro atoms. The van der Waals surface area contributed by atoms with E-state index in [4.69, 9.17) is 14.2 Å². The Balaban J connectivity index is 1.85. The number of Topliss-reactive ketones (excluding diaryl/α,β-unsaturated/α-hetero) is 1. The molecule has 1 fully saturated rings. The van der Waals surface area contributed by atoms with Crippen LogP contribution in [0, 0.1) is 12.8 Å². The Hall–Kier alpha value is -4.51. The van der Waals surface area contributed by atoms with E-state index >= 15 is 0 Å². The number of rotatable bonds is 11. The molecule has 3 heterocycles. The van der Waals surface area contributed by atoms with Gasteiger partial charge in [-0.05, 0) is 49.1 Å². The van der Waals surface area contributed by atoms with Gasteiger partial charge in [0.2, 0.25) is 0 Å². The first-order valence-corrected chi connectivity index (χ1v) is 13.8. The summed E-state index contributed by atoms with van der Waals surface area (Å²) in [6.07, 6.45) is 5.23. The molecule has 2 aromatic heterocycles. The number of anilines is 1. The molecule has 3 aromatic rings. The summed E-state index contributed by atoms with van der Waals surface area (Å²) in [4.78, 5) is 49.4. The Labute approximate surface area is 241 Å². The number of amides is 1. The van der Waals surface area contributed by atoms with Crippen molar-refractivity contribution < 1.29 is 33.7 Å². The number of hydrogen-bond acceptors (Lipinski definition) is 10. The lowest BCUT2D eigenvalue weighted by Gasteiger charge is -2.24. The van der Waals surface area contributed by atoms with E-state index in [0.717, 1.165) is 17.8 Å². The number of thiazole rings is 1. The van der Waals surface area contributed by atoms with Crippen LogP contribution < -0.4 is 14.4 Å². The molecule has 1 aliphatic heterocycles. The van der Waals surface area contributed by atoms with Crippen molar-refractivity contribution in [2.75, 3.05) is 25.2 Å². The second-order valence-corrected chi connectivity index (χ2v) is 10.6. The maximum Gasteiger partial charge on any atom is 0.350 e. The molecular formula is C30H31N3O7S.